The molecule has 1 fully saturated rings. The number of aromatic nitrogens is 2. The Labute approximate surface area is 185 Å². The number of fused-ring (bicyclic) bond motifs is 1. The van der Waals surface area contributed by atoms with Gasteiger partial charge in [0.15, 0.2) is 0 Å². The van der Waals surface area contributed by atoms with E-state index in [1.54, 1.807) is 4.90 Å². The summed E-state index contributed by atoms with van der Waals surface area (Å²) in [5.41, 5.74) is 5.03. The lowest BCUT2D eigenvalue weighted by Gasteiger charge is -2.29. The summed E-state index contributed by atoms with van der Waals surface area (Å²) in [5, 5.41) is 8.29. The molecule has 6 nitrogen and oxygen atoms in total. The second kappa shape index (κ2) is 8.19. The fourth-order valence-electron chi connectivity index (χ4n) is 4.48. The fourth-order valence-corrected chi connectivity index (χ4v) is 4.61. The number of nitrogens with zero attached hydrogens (tertiary/aromatic N) is 3. The van der Waals surface area contributed by atoms with Gasteiger partial charge in [0.25, 0.3) is 0 Å². The molecule has 0 bridgehead atoms. The molecule has 0 radical (unpaired) electrons. The second-order valence-electron chi connectivity index (χ2n) is 8.21. The predicted molar refractivity (Wildman–Crippen MR) is 118 cm³/mol. The molecule has 2 aliphatic heterocycles. The number of rotatable bonds is 4. The summed E-state index contributed by atoms with van der Waals surface area (Å²) in [5.74, 6) is -0.188. The first-order valence-electron chi connectivity index (χ1n) is 10.5. The van der Waals surface area contributed by atoms with E-state index in [1.807, 2.05) is 59.5 Å². The maximum absolute atomic E-state index is 13.3. The maximum Gasteiger partial charge on any atom is 0.228 e. The van der Waals surface area contributed by atoms with Crippen molar-refractivity contribution >= 4 is 23.4 Å². The van der Waals surface area contributed by atoms with Crippen molar-refractivity contribution in [1.82, 2.24) is 20.0 Å². The smallest absolute Gasteiger partial charge is 0.228 e. The third kappa shape index (κ3) is 3.95. The lowest BCUT2D eigenvalue weighted by atomic mass is 9.99. The summed E-state index contributed by atoms with van der Waals surface area (Å²) in [4.78, 5) is 29.5. The number of aromatic amines is 1. The molecule has 3 aromatic rings. The number of nitrogens with one attached hydrogen (secondary N) is 1. The van der Waals surface area contributed by atoms with Gasteiger partial charge in [-0.15, -0.1) is 0 Å². The molecule has 0 aliphatic carbocycles. The van der Waals surface area contributed by atoms with E-state index in [4.69, 9.17) is 11.6 Å². The summed E-state index contributed by atoms with van der Waals surface area (Å²) in [6, 6.07) is 17.5. The van der Waals surface area contributed by atoms with Gasteiger partial charge in [0.1, 0.15) is 0 Å². The minimum atomic E-state index is -0.288. The lowest BCUT2D eigenvalue weighted by molar-refractivity contribution is -0.136. The highest BCUT2D eigenvalue weighted by Crippen LogP contribution is 2.31. The Bertz CT molecular complexity index is 1110. The average molecular weight is 435 g/mol. The molecule has 0 spiro atoms. The number of benzene rings is 2. The van der Waals surface area contributed by atoms with Crippen molar-refractivity contribution in [2.45, 2.75) is 25.9 Å². The van der Waals surface area contributed by atoms with E-state index in [0.717, 1.165) is 34.5 Å². The predicted octanol–water partition coefficient (Wildman–Crippen LogP) is 3.66. The second-order valence-corrected chi connectivity index (χ2v) is 8.64. The van der Waals surface area contributed by atoms with Crippen molar-refractivity contribution in [2.75, 3.05) is 13.1 Å². The molecule has 1 unspecified atom stereocenters. The van der Waals surface area contributed by atoms with Crippen LogP contribution in [-0.4, -0.2) is 44.9 Å². The Morgan fingerprint density at radius 1 is 1.13 bits per heavy atom. The van der Waals surface area contributed by atoms with Crippen LogP contribution in [0.25, 0.3) is 11.3 Å². The third-order valence-electron chi connectivity index (χ3n) is 6.14. The number of likely N-dealkylation sites (tertiary alicyclic amines) is 1. The van der Waals surface area contributed by atoms with Crippen LogP contribution in [0.15, 0.2) is 54.6 Å². The van der Waals surface area contributed by atoms with Crippen LogP contribution in [0.4, 0.5) is 0 Å². The molecule has 2 amide bonds. The van der Waals surface area contributed by atoms with Crippen LogP contribution in [0.3, 0.4) is 0 Å². The fraction of sp³-hybridized carbons (Fsp3) is 0.292. The molecule has 1 N–H and O–H groups in total. The van der Waals surface area contributed by atoms with Gasteiger partial charge in [0, 0.05) is 60.9 Å². The highest BCUT2D eigenvalue weighted by molar-refractivity contribution is 6.30. The zero-order valence-electron chi connectivity index (χ0n) is 17.1. The van der Waals surface area contributed by atoms with Crippen molar-refractivity contribution in [3.8, 4) is 11.3 Å². The van der Waals surface area contributed by atoms with Gasteiger partial charge in [-0.2, -0.15) is 5.10 Å². The van der Waals surface area contributed by atoms with Crippen LogP contribution in [0.2, 0.25) is 5.02 Å². The number of H-pyrrole nitrogens is 1. The normalized spacial score (nSPS) is 18.4. The number of amides is 2. The van der Waals surface area contributed by atoms with Crippen LogP contribution in [-0.2, 0) is 29.1 Å². The quantitative estimate of drug-likeness (QED) is 0.681. The van der Waals surface area contributed by atoms with Crippen molar-refractivity contribution in [2.24, 2.45) is 5.92 Å². The van der Waals surface area contributed by atoms with Crippen LogP contribution in [0.1, 0.15) is 23.2 Å². The Morgan fingerprint density at radius 2 is 1.90 bits per heavy atom. The minimum Gasteiger partial charge on any atom is -0.338 e. The molecule has 0 saturated carbocycles. The lowest BCUT2D eigenvalue weighted by Crippen LogP contribution is -2.40. The molecule has 5 rings (SSSR count). The highest BCUT2D eigenvalue weighted by atomic mass is 35.5. The molecule has 1 saturated heterocycles. The van der Waals surface area contributed by atoms with E-state index >= 15 is 0 Å². The van der Waals surface area contributed by atoms with Gasteiger partial charge in [-0.05, 0) is 17.7 Å². The first kappa shape index (κ1) is 19.8. The summed E-state index contributed by atoms with van der Waals surface area (Å²) in [6.07, 6.45) is 1.01. The number of hydrogen-bond acceptors (Lipinski definition) is 3. The summed E-state index contributed by atoms with van der Waals surface area (Å²) < 4.78 is 0. The third-order valence-corrected chi connectivity index (χ3v) is 6.39. The van der Waals surface area contributed by atoms with Crippen molar-refractivity contribution in [3.05, 3.63) is 76.4 Å². The molecule has 1 aromatic heterocycles. The number of carbonyl (C=O) groups excluding carboxylic acids is 2. The topological polar surface area (TPSA) is 69.3 Å². The van der Waals surface area contributed by atoms with Crippen LogP contribution in [0.5, 0.6) is 0 Å². The summed E-state index contributed by atoms with van der Waals surface area (Å²) in [7, 11) is 0. The van der Waals surface area contributed by atoms with Crippen LogP contribution < -0.4 is 0 Å². The zero-order chi connectivity index (χ0) is 21.4. The first-order valence-corrected chi connectivity index (χ1v) is 10.9. The molecule has 31 heavy (non-hydrogen) atoms. The van der Waals surface area contributed by atoms with Crippen LogP contribution in [0, 0.1) is 5.92 Å². The molecule has 3 heterocycles. The van der Waals surface area contributed by atoms with E-state index in [9.17, 15) is 9.59 Å². The van der Waals surface area contributed by atoms with Crippen molar-refractivity contribution in [3.63, 3.8) is 0 Å². The number of halogens is 1. The van der Waals surface area contributed by atoms with E-state index in [2.05, 4.69) is 10.2 Å². The molecule has 158 valence electrons. The van der Waals surface area contributed by atoms with Crippen LogP contribution >= 0.6 is 11.6 Å². The maximum atomic E-state index is 13.3. The van der Waals surface area contributed by atoms with E-state index in [-0.39, 0.29) is 24.2 Å². The average Bonchev–Trinajstić information content (AvgIpc) is 3.38. The molecular formula is C24H23ClN4O2. The Kier molecular flexibility index (Phi) is 5.24. The van der Waals surface area contributed by atoms with Crippen molar-refractivity contribution < 1.29 is 9.59 Å². The Morgan fingerprint density at radius 3 is 2.68 bits per heavy atom. The number of hydrogen-bond donors (Lipinski definition) is 1. The Balaban J connectivity index is 1.29. The van der Waals surface area contributed by atoms with Gasteiger partial charge in [0.05, 0.1) is 11.6 Å². The molecule has 2 aromatic carbocycles. The van der Waals surface area contributed by atoms with Gasteiger partial charge >= 0.3 is 0 Å². The monoisotopic (exact) mass is 434 g/mol. The highest BCUT2D eigenvalue weighted by Gasteiger charge is 2.37. The summed E-state index contributed by atoms with van der Waals surface area (Å²) in [6.45, 7) is 2.17. The zero-order valence-corrected chi connectivity index (χ0v) is 17.8. The van der Waals surface area contributed by atoms with Gasteiger partial charge in [-0.3, -0.25) is 14.7 Å². The SMILES string of the molecule is O=C1CC(C(=O)N2CCc3[nH]nc(-c4ccc(Cl)cc4)c3C2)CN1Cc1ccccc1. The summed E-state index contributed by atoms with van der Waals surface area (Å²) >= 11 is 6.02. The van der Waals surface area contributed by atoms with Gasteiger partial charge in [-0.1, -0.05) is 54.1 Å². The minimum absolute atomic E-state index is 0.0464. The van der Waals surface area contributed by atoms with E-state index in [1.165, 1.54) is 0 Å². The standard InChI is InChI=1S/C24H23ClN4O2/c25-19-8-6-17(7-9-19)23-20-15-28(11-10-21(20)26-27-23)24(31)18-12-22(30)29(14-18)13-16-4-2-1-3-5-16/h1-9,18H,10-15H2,(H,26,27). The molecule has 1 atom stereocenters. The van der Waals surface area contributed by atoms with Gasteiger partial charge < -0.3 is 9.80 Å². The van der Waals surface area contributed by atoms with E-state index < -0.39 is 0 Å². The molecule has 7 heteroatoms. The van der Waals surface area contributed by atoms with Gasteiger partial charge in [0.2, 0.25) is 11.8 Å². The number of carbonyl (C=O) groups is 2. The van der Waals surface area contributed by atoms with Crippen molar-refractivity contribution in [1.29, 1.82) is 0 Å². The molecule has 2 aliphatic rings. The Hall–Kier alpha value is -3.12. The molecular weight excluding hydrogens is 412 g/mol. The largest absolute Gasteiger partial charge is 0.338 e. The first-order chi connectivity index (χ1) is 15.1. The van der Waals surface area contributed by atoms with E-state index in [0.29, 0.717) is 31.2 Å². The van der Waals surface area contributed by atoms with Gasteiger partial charge in [-0.25, -0.2) is 0 Å².